The lowest BCUT2D eigenvalue weighted by atomic mass is 10.1. The summed E-state index contributed by atoms with van der Waals surface area (Å²) in [5.41, 5.74) is 1.99. The molecular formula is C27H29F2N7O4S. The maximum atomic E-state index is 14.3. The zero-order valence-electron chi connectivity index (χ0n) is 22.5. The van der Waals surface area contributed by atoms with Crippen molar-refractivity contribution in [3.05, 3.63) is 42.6 Å². The van der Waals surface area contributed by atoms with E-state index in [1.165, 1.54) is 16.7 Å². The van der Waals surface area contributed by atoms with Gasteiger partial charge in [-0.1, -0.05) is 6.07 Å². The van der Waals surface area contributed by atoms with Crippen molar-refractivity contribution in [3.63, 3.8) is 0 Å². The van der Waals surface area contributed by atoms with Crippen molar-refractivity contribution in [3.8, 4) is 11.3 Å². The van der Waals surface area contributed by atoms with Crippen LogP contribution < -0.4 is 10.6 Å². The average Bonchev–Trinajstić information content (AvgIpc) is 3.59. The van der Waals surface area contributed by atoms with Crippen molar-refractivity contribution in [2.24, 2.45) is 13.0 Å². The molecule has 4 heterocycles. The molecule has 4 aromatic rings. The second kappa shape index (κ2) is 10.5. The highest BCUT2D eigenvalue weighted by molar-refractivity contribution is 7.90. The standard InChI is InChI=1S/C27H29F2N7O4S/c1-35-14-30-13-19(35)16-8-9-17(20(11-16)41(2,38)39)31-18-12-21(33-27(37)15-6-7-15)32-25-23(18)34-26(24(28)29)36(25)22-5-3-4-10-40-22/h8-9,11-15,22,24H,3-7,10H2,1-2H3,(H2,31,32,33,37). The van der Waals surface area contributed by atoms with Crippen LogP contribution in [0, 0.1) is 5.92 Å². The third-order valence-corrected chi connectivity index (χ3v) is 8.41. The number of imidazole rings is 2. The Labute approximate surface area is 234 Å². The van der Waals surface area contributed by atoms with Gasteiger partial charge in [-0.15, -0.1) is 0 Å². The number of anilines is 3. The molecule has 1 aliphatic heterocycles. The van der Waals surface area contributed by atoms with Crippen LogP contribution in [0.15, 0.2) is 41.7 Å². The molecule has 1 unspecified atom stereocenters. The summed E-state index contributed by atoms with van der Waals surface area (Å²) in [6.45, 7) is 0.414. The fourth-order valence-corrected chi connectivity index (χ4v) is 5.91. The third kappa shape index (κ3) is 5.40. The molecule has 0 radical (unpaired) electrons. The van der Waals surface area contributed by atoms with Crippen LogP contribution >= 0.6 is 0 Å². The van der Waals surface area contributed by atoms with E-state index in [9.17, 15) is 22.0 Å². The minimum absolute atomic E-state index is 0.00569. The molecule has 2 fully saturated rings. The van der Waals surface area contributed by atoms with Gasteiger partial charge in [0.25, 0.3) is 6.43 Å². The third-order valence-electron chi connectivity index (χ3n) is 7.28. The van der Waals surface area contributed by atoms with E-state index < -0.39 is 28.3 Å². The van der Waals surface area contributed by atoms with Crippen LogP contribution in [0.2, 0.25) is 0 Å². The number of carbonyl (C=O) groups excluding carboxylic acids is 1. The van der Waals surface area contributed by atoms with Gasteiger partial charge in [0.1, 0.15) is 17.6 Å². The van der Waals surface area contributed by atoms with E-state index in [1.807, 2.05) is 0 Å². The maximum absolute atomic E-state index is 14.3. The molecule has 1 saturated carbocycles. The van der Waals surface area contributed by atoms with Gasteiger partial charge in [0.2, 0.25) is 5.91 Å². The molecule has 2 aliphatic rings. The van der Waals surface area contributed by atoms with Gasteiger partial charge >= 0.3 is 0 Å². The molecule has 1 aromatic carbocycles. The number of aromatic nitrogens is 5. The van der Waals surface area contributed by atoms with Crippen LogP contribution in [-0.4, -0.2) is 51.3 Å². The van der Waals surface area contributed by atoms with Crippen molar-refractivity contribution in [1.29, 1.82) is 0 Å². The normalized spacial score (nSPS) is 17.7. The Morgan fingerprint density at radius 1 is 1.12 bits per heavy atom. The Bertz CT molecular complexity index is 1740. The Morgan fingerprint density at radius 2 is 1.93 bits per heavy atom. The number of halogens is 2. The van der Waals surface area contributed by atoms with E-state index in [1.54, 1.807) is 36.3 Å². The highest BCUT2D eigenvalue weighted by Crippen LogP contribution is 2.38. The predicted octanol–water partition coefficient (Wildman–Crippen LogP) is 4.96. The molecular weight excluding hydrogens is 556 g/mol. The highest BCUT2D eigenvalue weighted by atomic mass is 32.2. The number of rotatable bonds is 8. The van der Waals surface area contributed by atoms with Crippen LogP contribution in [0.5, 0.6) is 0 Å². The Balaban J connectivity index is 1.50. The van der Waals surface area contributed by atoms with E-state index in [0.29, 0.717) is 24.3 Å². The van der Waals surface area contributed by atoms with E-state index in [-0.39, 0.29) is 45.1 Å². The first-order chi connectivity index (χ1) is 19.6. The van der Waals surface area contributed by atoms with E-state index >= 15 is 0 Å². The van der Waals surface area contributed by atoms with Gasteiger partial charge in [-0.2, -0.15) is 0 Å². The summed E-state index contributed by atoms with van der Waals surface area (Å²) < 4.78 is 63.3. The number of amides is 1. The monoisotopic (exact) mass is 585 g/mol. The number of sulfone groups is 1. The van der Waals surface area contributed by atoms with Crippen LogP contribution in [0.1, 0.15) is 50.6 Å². The lowest BCUT2D eigenvalue weighted by molar-refractivity contribution is -0.117. The van der Waals surface area contributed by atoms with Crippen molar-refractivity contribution in [2.45, 2.75) is 49.7 Å². The zero-order valence-corrected chi connectivity index (χ0v) is 23.3. The molecule has 0 bridgehead atoms. The Kier molecular flexibility index (Phi) is 6.98. The first-order valence-electron chi connectivity index (χ1n) is 13.3. The Hall–Kier alpha value is -3.91. The second-order valence-electron chi connectivity index (χ2n) is 10.5. The summed E-state index contributed by atoms with van der Waals surface area (Å²) in [7, 11) is -1.94. The number of pyridine rings is 1. The number of alkyl halides is 2. The summed E-state index contributed by atoms with van der Waals surface area (Å²) >= 11 is 0. The molecule has 0 spiro atoms. The molecule has 2 N–H and O–H groups in total. The maximum Gasteiger partial charge on any atom is 0.295 e. The number of hydrogen-bond donors (Lipinski definition) is 2. The molecule has 216 valence electrons. The molecule has 11 nitrogen and oxygen atoms in total. The predicted molar refractivity (Wildman–Crippen MR) is 148 cm³/mol. The number of benzene rings is 1. The van der Waals surface area contributed by atoms with Gasteiger partial charge in [0.05, 0.1) is 34.5 Å². The molecule has 14 heteroatoms. The zero-order chi connectivity index (χ0) is 28.9. The summed E-state index contributed by atoms with van der Waals surface area (Å²) in [6.07, 6.45) is 4.36. The van der Waals surface area contributed by atoms with Crippen molar-refractivity contribution >= 4 is 44.1 Å². The number of nitrogens with one attached hydrogen (secondary N) is 2. The topological polar surface area (TPSA) is 133 Å². The molecule has 6 rings (SSSR count). The highest BCUT2D eigenvalue weighted by Gasteiger charge is 2.32. The lowest BCUT2D eigenvalue weighted by Gasteiger charge is -2.25. The fraction of sp³-hybridized carbons (Fsp3) is 0.407. The largest absolute Gasteiger partial charge is 0.358 e. The SMILES string of the molecule is Cn1cncc1-c1ccc(Nc2cc(NC(=O)C3CC3)nc3c2nc(C(F)F)n3C2CCCCO2)c(S(C)(=O)=O)c1. The Morgan fingerprint density at radius 3 is 2.56 bits per heavy atom. The minimum Gasteiger partial charge on any atom is -0.358 e. The fourth-order valence-electron chi connectivity index (χ4n) is 5.05. The van der Waals surface area contributed by atoms with E-state index in [0.717, 1.165) is 31.9 Å². The summed E-state index contributed by atoms with van der Waals surface area (Å²) in [4.78, 5) is 25.5. The number of aryl methyl sites for hydroxylation is 1. The van der Waals surface area contributed by atoms with Crippen LogP contribution in [0.4, 0.5) is 26.0 Å². The molecule has 3 aromatic heterocycles. The summed E-state index contributed by atoms with van der Waals surface area (Å²) in [6, 6.07) is 6.35. The number of fused-ring (bicyclic) bond motifs is 1. The second-order valence-corrected chi connectivity index (χ2v) is 12.4. The van der Waals surface area contributed by atoms with Gasteiger partial charge in [0.15, 0.2) is 21.3 Å². The van der Waals surface area contributed by atoms with Gasteiger partial charge in [-0.05, 0) is 44.2 Å². The van der Waals surface area contributed by atoms with Crippen molar-refractivity contribution < 1.29 is 26.7 Å². The van der Waals surface area contributed by atoms with Gasteiger partial charge in [-0.25, -0.2) is 32.2 Å². The number of ether oxygens (including phenoxy) is 1. The van der Waals surface area contributed by atoms with Crippen LogP contribution in [0.3, 0.4) is 0 Å². The number of hydrogen-bond acceptors (Lipinski definition) is 8. The lowest BCUT2D eigenvalue weighted by Crippen LogP contribution is -2.21. The summed E-state index contributed by atoms with van der Waals surface area (Å²) in [5, 5.41) is 5.88. The average molecular weight is 586 g/mol. The first kappa shape index (κ1) is 27.3. The number of carbonyl (C=O) groups is 1. The van der Waals surface area contributed by atoms with Crippen LogP contribution in [-0.2, 0) is 26.4 Å². The molecule has 1 amide bonds. The quantitative estimate of drug-likeness (QED) is 0.296. The van der Waals surface area contributed by atoms with E-state index in [2.05, 4.69) is 25.6 Å². The van der Waals surface area contributed by atoms with Gasteiger partial charge in [-0.3, -0.25) is 9.36 Å². The smallest absolute Gasteiger partial charge is 0.295 e. The van der Waals surface area contributed by atoms with E-state index in [4.69, 9.17) is 4.74 Å². The molecule has 41 heavy (non-hydrogen) atoms. The van der Waals surface area contributed by atoms with Crippen molar-refractivity contribution in [2.75, 3.05) is 23.5 Å². The molecule has 1 atom stereocenters. The van der Waals surface area contributed by atoms with Crippen molar-refractivity contribution in [1.82, 2.24) is 24.1 Å². The summed E-state index contributed by atoms with van der Waals surface area (Å²) in [5.74, 6) is -0.706. The first-order valence-corrected chi connectivity index (χ1v) is 15.2. The van der Waals surface area contributed by atoms with Gasteiger partial charge < -0.3 is 19.9 Å². The van der Waals surface area contributed by atoms with Crippen LogP contribution in [0.25, 0.3) is 22.4 Å². The number of nitrogens with zero attached hydrogens (tertiary/aromatic N) is 5. The molecule has 1 saturated heterocycles. The van der Waals surface area contributed by atoms with Gasteiger partial charge in [0, 0.05) is 37.5 Å². The minimum atomic E-state index is -3.74. The molecule has 1 aliphatic carbocycles.